The Morgan fingerprint density at radius 1 is 1.44 bits per heavy atom. The molecule has 4 nitrogen and oxygen atoms in total. The monoisotopic (exact) mass is 288 g/mol. The molecule has 1 saturated carbocycles. The highest BCUT2D eigenvalue weighted by Gasteiger charge is 2.34. The van der Waals surface area contributed by atoms with Gasteiger partial charge in [-0.25, -0.2) is 8.42 Å². The molecule has 0 saturated heterocycles. The fourth-order valence-corrected chi connectivity index (χ4v) is 4.94. The van der Waals surface area contributed by atoms with Gasteiger partial charge in [-0.05, 0) is 44.7 Å². The maximum absolute atomic E-state index is 12.6. The first-order chi connectivity index (χ1) is 8.45. The predicted molar refractivity (Wildman–Crippen MR) is 74.0 cm³/mol. The summed E-state index contributed by atoms with van der Waals surface area (Å²) in [6.07, 6.45) is 2.30. The number of hydrogen-bond donors (Lipinski definition) is 1. The Morgan fingerprint density at radius 3 is 2.56 bits per heavy atom. The van der Waals surface area contributed by atoms with Crippen molar-refractivity contribution in [2.24, 2.45) is 11.7 Å². The quantitative estimate of drug-likeness (QED) is 0.871. The summed E-state index contributed by atoms with van der Waals surface area (Å²) in [6, 6.07) is 3.47. The first kappa shape index (κ1) is 14.0. The van der Waals surface area contributed by atoms with Gasteiger partial charge < -0.3 is 5.73 Å². The summed E-state index contributed by atoms with van der Waals surface area (Å²) >= 11 is 1.28. The van der Waals surface area contributed by atoms with Crippen molar-refractivity contribution in [1.82, 2.24) is 4.31 Å². The molecule has 0 aliphatic heterocycles. The van der Waals surface area contributed by atoms with Crippen LogP contribution in [0.15, 0.2) is 16.3 Å². The van der Waals surface area contributed by atoms with Crippen LogP contribution in [-0.2, 0) is 16.6 Å². The van der Waals surface area contributed by atoms with Crippen molar-refractivity contribution in [2.75, 3.05) is 6.54 Å². The van der Waals surface area contributed by atoms with E-state index in [-0.39, 0.29) is 6.04 Å². The third kappa shape index (κ3) is 2.93. The van der Waals surface area contributed by atoms with E-state index in [1.54, 1.807) is 16.4 Å². The molecule has 1 aromatic heterocycles. The van der Waals surface area contributed by atoms with Crippen molar-refractivity contribution < 1.29 is 8.42 Å². The van der Waals surface area contributed by atoms with Crippen LogP contribution in [0.5, 0.6) is 0 Å². The molecule has 1 aromatic rings. The number of hydrogen-bond acceptors (Lipinski definition) is 4. The minimum absolute atomic E-state index is 0.000901. The van der Waals surface area contributed by atoms with Crippen molar-refractivity contribution in [3.05, 3.63) is 17.0 Å². The molecule has 2 rings (SSSR count). The number of nitrogens with zero attached hydrogens (tertiary/aromatic N) is 1. The molecule has 1 aliphatic rings. The Hall–Kier alpha value is -0.430. The Balaban J connectivity index is 2.25. The fraction of sp³-hybridized carbons (Fsp3) is 0.667. The van der Waals surface area contributed by atoms with E-state index in [0.717, 1.165) is 17.7 Å². The zero-order valence-electron chi connectivity index (χ0n) is 10.8. The summed E-state index contributed by atoms with van der Waals surface area (Å²) in [5, 5.41) is 0. The molecule has 1 aliphatic carbocycles. The lowest BCUT2D eigenvalue weighted by Crippen LogP contribution is -2.38. The second-order valence-electron chi connectivity index (χ2n) is 5.04. The highest BCUT2D eigenvalue weighted by atomic mass is 32.2. The van der Waals surface area contributed by atoms with Crippen molar-refractivity contribution in [3.8, 4) is 0 Å². The van der Waals surface area contributed by atoms with E-state index in [9.17, 15) is 8.42 Å². The van der Waals surface area contributed by atoms with E-state index >= 15 is 0 Å². The molecule has 0 amide bonds. The summed E-state index contributed by atoms with van der Waals surface area (Å²) in [6.45, 7) is 4.90. The maximum atomic E-state index is 12.6. The van der Waals surface area contributed by atoms with Crippen LogP contribution in [0.2, 0.25) is 0 Å². The van der Waals surface area contributed by atoms with Crippen molar-refractivity contribution >= 4 is 21.4 Å². The Labute approximate surface area is 113 Å². The third-order valence-corrected chi connectivity index (χ3v) is 6.73. The first-order valence-electron chi connectivity index (χ1n) is 6.25. The second-order valence-corrected chi connectivity index (χ2v) is 8.32. The number of nitrogens with two attached hydrogens (primary N) is 1. The lowest BCUT2D eigenvalue weighted by molar-refractivity contribution is 0.342. The van der Waals surface area contributed by atoms with E-state index in [1.807, 2.05) is 13.8 Å². The topological polar surface area (TPSA) is 63.4 Å². The summed E-state index contributed by atoms with van der Waals surface area (Å²) in [4.78, 5) is 0.906. The molecule has 0 atom stereocenters. The van der Waals surface area contributed by atoms with Gasteiger partial charge in [0.2, 0.25) is 0 Å². The summed E-state index contributed by atoms with van der Waals surface area (Å²) < 4.78 is 27.2. The van der Waals surface area contributed by atoms with Gasteiger partial charge in [-0.15, -0.1) is 11.3 Å². The van der Waals surface area contributed by atoms with Crippen LogP contribution in [0.4, 0.5) is 0 Å². The van der Waals surface area contributed by atoms with Crippen LogP contribution in [-0.4, -0.2) is 25.3 Å². The maximum Gasteiger partial charge on any atom is 0.252 e. The van der Waals surface area contributed by atoms with Crippen LogP contribution < -0.4 is 5.73 Å². The minimum Gasteiger partial charge on any atom is -0.326 e. The molecule has 0 bridgehead atoms. The molecule has 1 fully saturated rings. The van der Waals surface area contributed by atoms with Gasteiger partial charge in [0.15, 0.2) is 0 Å². The van der Waals surface area contributed by atoms with Gasteiger partial charge in [0, 0.05) is 24.0 Å². The van der Waals surface area contributed by atoms with E-state index in [2.05, 4.69) is 0 Å². The fourth-order valence-electron chi connectivity index (χ4n) is 1.86. The van der Waals surface area contributed by atoms with Crippen LogP contribution in [0.1, 0.15) is 31.6 Å². The molecule has 0 spiro atoms. The Kier molecular flexibility index (Phi) is 4.11. The number of thiophene rings is 1. The Bertz CT molecular complexity index is 504. The average molecular weight is 288 g/mol. The smallest absolute Gasteiger partial charge is 0.252 e. The zero-order chi connectivity index (χ0) is 13.3. The summed E-state index contributed by atoms with van der Waals surface area (Å²) in [5.74, 6) is 0.552. The van der Waals surface area contributed by atoms with Crippen molar-refractivity contribution in [1.29, 1.82) is 0 Å². The van der Waals surface area contributed by atoms with Gasteiger partial charge in [0.25, 0.3) is 10.0 Å². The van der Waals surface area contributed by atoms with Crippen LogP contribution >= 0.6 is 11.3 Å². The standard InChI is InChI=1S/C12H20N2O2S2/c1-9(2)14(8-10-3-4-10)18(15,16)12-6-5-11(7-13)17-12/h5-6,9-10H,3-4,7-8,13H2,1-2H3. The van der Waals surface area contributed by atoms with Gasteiger partial charge >= 0.3 is 0 Å². The molecule has 102 valence electrons. The van der Waals surface area contributed by atoms with E-state index < -0.39 is 10.0 Å². The van der Waals surface area contributed by atoms with Crippen LogP contribution in [0, 0.1) is 5.92 Å². The molecular weight excluding hydrogens is 268 g/mol. The largest absolute Gasteiger partial charge is 0.326 e. The molecule has 0 radical (unpaired) electrons. The van der Waals surface area contributed by atoms with Gasteiger partial charge in [0.1, 0.15) is 4.21 Å². The van der Waals surface area contributed by atoms with Gasteiger partial charge in [-0.2, -0.15) is 4.31 Å². The van der Waals surface area contributed by atoms with Gasteiger partial charge in [0.05, 0.1) is 0 Å². The third-order valence-electron chi connectivity index (χ3n) is 3.11. The van der Waals surface area contributed by atoms with Crippen LogP contribution in [0.25, 0.3) is 0 Å². The van der Waals surface area contributed by atoms with Crippen LogP contribution in [0.3, 0.4) is 0 Å². The van der Waals surface area contributed by atoms with Crippen molar-refractivity contribution in [3.63, 3.8) is 0 Å². The number of rotatable bonds is 6. The molecule has 1 heterocycles. The zero-order valence-corrected chi connectivity index (χ0v) is 12.4. The highest BCUT2D eigenvalue weighted by Crippen LogP contribution is 2.33. The normalized spacial score (nSPS) is 16.7. The molecule has 6 heteroatoms. The minimum atomic E-state index is -3.35. The number of sulfonamides is 1. The SMILES string of the molecule is CC(C)N(CC1CC1)S(=O)(=O)c1ccc(CN)s1. The summed E-state index contributed by atoms with van der Waals surface area (Å²) in [5.41, 5.74) is 5.54. The lowest BCUT2D eigenvalue weighted by Gasteiger charge is -2.25. The first-order valence-corrected chi connectivity index (χ1v) is 8.51. The predicted octanol–water partition coefficient (Wildman–Crippen LogP) is 2.02. The van der Waals surface area contributed by atoms with Gasteiger partial charge in [-0.1, -0.05) is 0 Å². The molecule has 0 unspecified atom stereocenters. The van der Waals surface area contributed by atoms with Crippen molar-refractivity contribution in [2.45, 2.75) is 43.5 Å². The van der Waals surface area contributed by atoms with E-state index in [4.69, 9.17) is 5.73 Å². The average Bonchev–Trinajstić information content (AvgIpc) is 2.99. The van der Waals surface area contributed by atoms with E-state index in [1.165, 1.54) is 11.3 Å². The highest BCUT2D eigenvalue weighted by molar-refractivity contribution is 7.91. The molecule has 18 heavy (non-hydrogen) atoms. The summed E-state index contributed by atoms with van der Waals surface area (Å²) in [7, 11) is -3.35. The Morgan fingerprint density at radius 2 is 2.11 bits per heavy atom. The van der Waals surface area contributed by atoms with Gasteiger partial charge in [-0.3, -0.25) is 0 Å². The lowest BCUT2D eigenvalue weighted by atomic mass is 10.3. The molecule has 0 aromatic carbocycles. The molecular formula is C12H20N2O2S2. The second kappa shape index (κ2) is 5.28. The van der Waals surface area contributed by atoms with E-state index in [0.29, 0.717) is 23.2 Å². The molecule has 2 N–H and O–H groups in total.